The molecule has 0 radical (unpaired) electrons. The first-order valence-corrected chi connectivity index (χ1v) is 12.0. The lowest BCUT2D eigenvalue weighted by molar-refractivity contribution is -0.0383. The van der Waals surface area contributed by atoms with E-state index in [1.165, 1.54) is 12.0 Å². The Bertz CT molecular complexity index is 1230. The van der Waals surface area contributed by atoms with Gasteiger partial charge in [-0.1, -0.05) is 0 Å². The van der Waals surface area contributed by atoms with Crippen molar-refractivity contribution in [2.45, 2.75) is 18.7 Å². The van der Waals surface area contributed by atoms with Gasteiger partial charge in [0.2, 0.25) is 5.95 Å². The number of anilines is 3. The van der Waals surface area contributed by atoms with Crippen LogP contribution in [0.1, 0.15) is 12.0 Å². The lowest BCUT2D eigenvalue weighted by Crippen LogP contribution is -2.44. The molecule has 10 heteroatoms. The maximum Gasteiger partial charge on any atom is 0.230 e. The van der Waals surface area contributed by atoms with E-state index < -0.39 is 12.3 Å². The molecule has 0 aliphatic carbocycles. The van der Waals surface area contributed by atoms with Crippen molar-refractivity contribution in [2.75, 3.05) is 56.7 Å². The lowest BCUT2D eigenvalue weighted by Gasteiger charge is -2.34. The van der Waals surface area contributed by atoms with Crippen LogP contribution in [-0.2, 0) is 4.74 Å². The Labute approximate surface area is 209 Å². The second-order valence-corrected chi connectivity index (χ2v) is 8.95. The van der Waals surface area contributed by atoms with Crippen LogP contribution in [0.4, 0.5) is 21.7 Å². The van der Waals surface area contributed by atoms with E-state index in [0.29, 0.717) is 41.7 Å². The van der Waals surface area contributed by atoms with Gasteiger partial charge in [0.25, 0.3) is 0 Å². The summed E-state index contributed by atoms with van der Waals surface area (Å²) in [6.45, 7) is 4.57. The molecule has 1 N–H and O–H groups in total. The number of alkyl halides is 1. The highest BCUT2D eigenvalue weighted by atomic mass is 19.1. The molecule has 9 nitrogen and oxygen atoms in total. The van der Waals surface area contributed by atoms with E-state index in [1.807, 2.05) is 12.1 Å². The van der Waals surface area contributed by atoms with Gasteiger partial charge in [-0.05, 0) is 49.5 Å². The van der Waals surface area contributed by atoms with E-state index in [4.69, 9.17) is 9.47 Å². The third-order valence-electron chi connectivity index (χ3n) is 6.43. The van der Waals surface area contributed by atoms with Crippen molar-refractivity contribution in [3.8, 4) is 23.2 Å². The van der Waals surface area contributed by atoms with Gasteiger partial charge in [0.05, 0.1) is 18.8 Å². The Kier molecular flexibility index (Phi) is 7.21. The second kappa shape index (κ2) is 10.8. The van der Waals surface area contributed by atoms with Gasteiger partial charge in [-0.2, -0.15) is 10.2 Å². The van der Waals surface area contributed by atoms with Crippen molar-refractivity contribution in [3.63, 3.8) is 0 Å². The highest BCUT2D eigenvalue weighted by Gasteiger charge is 2.28. The first-order chi connectivity index (χ1) is 17.6. The molecule has 5 rings (SSSR count). The number of ether oxygens (including phenoxy) is 2. The van der Waals surface area contributed by atoms with Gasteiger partial charge in [0.1, 0.15) is 24.3 Å². The van der Waals surface area contributed by atoms with Crippen molar-refractivity contribution in [1.82, 2.24) is 19.9 Å². The van der Waals surface area contributed by atoms with Crippen LogP contribution in [0.15, 0.2) is 48.8 Å². The fraction of sp³-hybridized carbons (Fsp3) is 0.385. The van der Waals surface area contributed by atoms with Gasteiger partial charge in [-0.25, -0.2) is 14.4 Å². The molecular formula is C26H28FN7O2. The minimum Gasteiger partial charge on any atom is -0.486 e. The fourth-order valence-corrected chi connectivity index (χ4v) is 4.28. The van der Waals surface area contributed by atoms with Crippen LogP contribution < -0.4 is 15.0 Å². The summed E-state index contributed by atoms with van der Waals surface area (Å²) < 4.78 is 25.0. The molecular weight excluding hydrogens is 461 g/mol. The van der Waals surface area contributed by atoms with Gasteiger partial charge in [-0.3, -0.25) is 0 Å². The number of rotatable bonds is 6. The Hall–Kier alpha value is -3.81. The number of benzene rings is 2. The van der Waals surface area contributed by atoms with Crippen molar-refractivity contribution in [1.29, 1.82) is 5.26 Å². The number of nitrogens with zero attached hydrogens (tertiary/aromatic N) is 6. The van der Waals surface area contributed by atoms with E-state index in [1.54, 1.807) is 18.2 Å². The van der Waals surface area contributed by atoms with Crippen molar-refractivity contribution < 1.29 is 13.9 Å². The first-order valence-electron chi connectivity index (χ1n) is 12.0. The molecule has 36 heavy (non-hydrogen) atoms. The second-order valence-electron chi connectivity index (χ2n) is 8.95. The van der Waals surface area contributed by atoms with Crippen molar-refractivity contribution >= 4 is 17.3 Å². The minimum absolute atomic E-state index is 0.00382. The van der Waals surface area contributed by atoms with E-state index in [2.05, 4.69) is 55.3 Å². The molecule has 3 aromatic rings. The number of hydrogen-bond donors (Lipinski definition) is 1. The number of halogens is 1. The zero-order chi connectivity index (χ0) is 24.9. The minimum atomic E-state index is -1.22. The van der Waals surface area contributed by atoms with E-state index in [0.717, 1.165) is 31.9 Å². The van der Waals surface area contributed by atoms with Crippen LogP contribution >= 0.6 is 0 Å². The van der Waals surface area contributed by atoms with Crippen LogP contribution in [-0.4, -0.2) is 78.6 Å². The predicted molar refractivity (Wildman–Crippen MR) is 134 cm³/mol. The molecule has 0 unspecified atom stereocenters. The summed E-state index contributed by atoms with van der Waals surface area (Å²) in [5.41, 5.74) is 2.99. The Balaban J connectivity index is 1.28. The van der Waals surface area contributed by atoms with Crippen LogP contribution in [0.3, 0.4) is 0 Å². The standard InChI is InChI=1S/C26H28FN7O2/c1-33-9-11-34(12-10-33)21-5-3-20(4-6-21)31-26-30-17-29-25(32-26)18-2-7-23(19(14-18)15-28)36-24-8-13-35-16-22(24)27/h2-7,14,17,22,24H,8-13,16H2,1H3,(H,29,30,31,32)/t22-,24+/m1/s1. The maximum absolute atomic E-state index is 14.1. The van der Waals surface area contributed by atoms with Gasteiger partial charge in [-0.15, -0.1) is 0 Å². The Morgan fingerprint density at radius 2 is 1.92 bits per heavy atom. The maximum atomic E-state index is 14.1. The molecule has 3 heterocycles. The summed E-state index contributed by atoms with van der Waals surface area (Å²) in [5, 5.41) is 12.9. The van der Waals surface area contributed by atoms with Crippen LogP contribution in [0.5, 0.6) is 5.75 Å². The number of likely N-dealkylation sites (N-methyl/N-ethyl adjacent to an activating group) is 1. The van der Waals surface area contributed by atoms with Crippen molar-refractivity contribution in [2.24, 2.45) is 0 Å². The third kappa shape index (κ3) is 5.53. The van der Waals surface area contributed by atoms with E-state index in [-0.39, 0.29) is 6.61 Å². The predicted octanol–water partition coefficient (Wildman–Crippen LogP) is 3.41. The number of aromatic nitrogens is 3. The quantitative estimate of drug-likeness (QED) is 0.558. The van der Waals surface area contributed by atoms with Crippen LogP contribution in [0, 0.1) is 11.3 Å². The molecule has 2 aliphatic heterocycles. The molecule has 2 aromatic carbocycles. The van der Waals surface area contributed by atoms with Gasteiger partial charge in [0.15, 0.2) is 12.0 Å². The van der Waals surface area contributed by atoms with Crippen molar-refractivity contribution in [3.05, 3.63) is 54.4 Å². The normalized spacial score (nSPS) is 20.5. The molecule has 186 valence electrons. The summed E-state index contributed by atoms with van der Waals surface area (Å²) in [4.78, 5) is 17.7. The largest absolute Gasteiger partial charge is 0.486 e. The number of nitriles is 1. The van der Waals surface area contributed by atoms with E-state index in [9.17, 15) is 9.65 Å². The lowest BCUT2D eigenvalue weighted by atomic mass is 10.1. The smallest absolute Gasteiger partial charge is 0.230 e. The number of hydrogen-bond acceptors (Lipinski definition) is 9. The molecule has 2 aliphatic rings. The van der Waals surface area contributed by atoms with E-state index >= 15 is 0 Å². The topological polar surface area (TPSA) is 99.4 Å². The Morgan fingerprint density at radius 3 is 2.67 bits per heavy atom. The highest BCUT2D eigenvalue weighted by molar-refractivity contribution is 5.64. The van der Waals surface area contributed by atoms with Crippen LogP contribution in [0.2, 0.25) is 0 Å². The SMILES string of the molecule is CN1CCN(c2ccc(Nc3ncnc(-c4ccc(O[C@H]5CCOC[C@H]5F)c(C#N)c4)n3)cc2)CC1. The molecule has 0 bridgehead atoms. The summed E-state index contributed by atoms with van der Waals surface area (Å²) in [6, 6.07) is 15.4. The fourth-order valence-electron chi connectivity index (χ4n) is 4.28. The summed E-state index contributed by atoms with van der Waals surface area (Å²) in [7, 11) is 2.14. The molecule has 0 saturated carbocycles. The first kappa shape index (κ1) is 23.9. The summed E-state index contributed by atoms with van der Waals surface area (Å²) >= 11 is 0. The molecule has 0 amide bonds. The summed E-state index contributed by atoms with van der Waals surface area (Å²) in [6.07, 6.45) is 0.00677. The highest BCUT2D eigenvalue weighted by Crippen LogP contribution is 2.28. The van der Waals surface area contributed by atoms with Gasteiger partial charge < -0.3 is 24.6 Å². The molecule has 0 spiro atoms. The van der Waals surface area contributed by atoms with Gasteiger partial charge in [0, 0.05) is 49.5 Å². The third-order valence-corrected chi connectivity index (χ3v) is 6.43. The zero-order valence-electron chi connectivity index (χ0n) is 20.1. The molecule has 2 fully saturated rings. The number of piperazine rings is 1. The monoisotopic (exact) mass is 489 g/mol. The molecule has 1 aromatic heterocycles. The Morgan fingerprint density at radius 1 is 1.11 bits per heavy atom. The zero-order valence-corrected chi connectivity index (χ0v) is 20.1. The average molecular weight is 490 g/mol. The summed E-state index contributed by atoms with van der Waals surface area (Å²) in [5.74, 6) is 1.15. The molecule has 2 saturated heterocycles. The number of nitrogens with one attached hydrogen (secondary N) is 1. The van der Waals surface area contributed by atoms with Gasteiger partial charge >= 0.3 is 0 Å². The molecule has 2 atom stereocenters. The van der Waals surface area contributed by atoms with Crippen LogP contribution in [0.25, 0.3) is 11.4 Å². The average Bonchev–Trinajstić information content (AvgIpc) is 2.91.